The topological polar surface area (TPSA) is 110 Å². The number of nitriles is 1. The zero-order chi connectivity index (χ0) is 16.8. The fourth-order valence-corrected chi connectivity index (χ4v) is 4.12. The summed E-state index contributed by atoms with van der Waals surface area (Å²) in [5, 5.41) is 9.85. The number of Topliss-reactive ketones (excluding diaryl/α,β-unsaturated/α-hetero) is 1. The molecule has 5 nitrogen and oxygen atoms in total. The number of primary amides is 1. The van der Waals surface area contributed by atoms with Crippen LogP contribution in [-0.4, -0.2) is 11.7 Å². The van der Waals surface area contributed by atoms with Crippen molar-refractivity contribution in [1.29, 1.82) is 5.26 Å². The summed E-state index contributed by atoms with van der Waals surface area (Å²) in [6.07, 6.45) is 0.523. The van der Waals surface area contributed by atoms with Gasteiger partial charge >= 0.3 is 0 Å². The fraction of sp³-hybridized carbons (Fsp3) is 0.188. The van der Waals surface area contributed by atoms with E-state index >= 15 is 0 Å². The van der Waals surface area contributed by atoms with Crippen LogP contribution in [0.25, 0.3) is 0 Å². The Morgan fingerprint density at radius 1 is 1.35 bits per heavy atom. The van der Waals surface area contributed by atoms with Crippen LogP contribution in [0.15, 0.2) is 24.3 Å². The van der Waals surface area contributed by atoms with Crippen LogP contribution < -0.4 is 11.5 Å². The van der Waals surface area contributed by atoms with Gasteiger partial charge in [-0.05, 0) is 36.1 Å². The lowest BCUT2D eigenvalue weighted by Crippen LogP contribution is -2.38. The molecule has 116 valence electrons. The van der Waals surface area contributed by atoms with E-state index in [1.165, 1.54) is 24.3 Å². The number of anilines is 1. The maximum Gasteiger partial charge on any atom is 0.251 e. The Balaban J connectivity index is 2.16. The number of carbonyl (C=O) groups is 2. The van der Waals surface area contributed by atoms with Gasteiger partial charge in [-0.2, -0.15) is 5.26 Å². The number of fused-ring (bicyclic) bond motifs is 1. The monoisotopic (exact) mass is 329 g/mol. The Hall–Kier alpha value is -2.72. The van der Waals surface area contributed by atoms with E-state index in [1.807, 2.05) is 0 Å². The number of nitrogens with zero attached hydrogens (tertiary/aromatic N) is 1. The maximum absolute atomic E-state index is 13.1. The lowest BCUT2D eigenvalue weighted by molar-refractivity contribution is 0.0908. The summed E-state index contributed by atoms with van der Waals surface area (Å²) in [7, 11) is 0. The number of halogens is 1. The molecule has 7 heteroatoms. The molecule has 1 heterocycles. The van der Waals surface area contributed by atoms with Crippen molar-refractivity contribution in [3.63, 3.8) is 0 Å². The molecule has 1 amide bonds. The molecule has 1 aliphatic rings. The number of nitrogen functional groups attached to an aromatic ring is 1. The average Bonchev–Trinajstić information content (AvgIpc) is 2.86. The van der Waals surface area contributed by atoms with Gasteiger partial charge in [-0.3, -0.25) is 9.59 Å². The van der Waals surface area contributed by atoms with Crippen molar-refractivity contribution in [3.8, 4) is 6.07 Å². The lowest BCUT2D eigenvalue weighted by atomic mass is 9.69. The lowest BCUT2D eigenvalue weighted by Gasteiger charge is -2.29. The molecule has 1 aromatic carbocycles. The van der Waals surface area contributed by atoms with Gasteiger partial charge in [0.15, 0.2) is 5.78 Å². The first kappa shape index (κ1) is 15.2. The van der Waals surface area contributed by atoms with Crippen molar-refractivity contribution in [2.24, 2.45) is 5.73 Å². The Morgan fingerprint density at radius 2 is 2.00 bits per heavy atom. The van der Waals surface area contributed by atoms with Crippen molar-refractivity contribution >= 4 is 28.0 Å². The van der Waals surface area contributed by atoms with Crippen LogP contribution in [0.1, 0.15) is 37.6 Å². The molecular formula is C16H12FN3O2S. The molecular weight excluding hydrogens is 317 g/mol. The molecule has 1 unspecified atom stereocenters. The molecule has 2 aromatic rings. The number of ketones is 1. The van der Waals surface area contributed by atoms with Crippen molar-refractivity contribution in [1.82, 2.24) is 0 Å². The van der Waals surface area contributed by atoms with Crippen LogP contribution >= 0.6 is 11.3 Å². The minimum Gasteiger partial charge on any atom is -0.390 e. The van der Waals surface area contributed by atoms with E-state index in [0.717, 1.165) is 11.3 Å². The van der Waals surface area contributed by atoms with E-state index in [9.17, 15) is 19.2 Å². The molecule has 0 saturated carbocycles. The summed E-state index contributed by atoms with van der Waals surface area (Å²) >= 11 is 0.971. The number of carbonyl (C=O) groups excluding carboxylic acids is 2. The zero-order valence-corrected chi connectivity index (χ0v) is 12.7. The largest absolute Gasteiger partial charge is 0.390 e. The quantitative estimate of drug-likeness (QED) is 0.879. The number of rotatable bonds is 2. The highest BCUT2D eigenvalue weighted by Gasteiger charge is 2.47. The van der Waals surface area contributed by atoms with Gasteiger partial charge in [0.05, 0.1) is 21.5 Å². The molecule has 1 atom stereocenters. The van der Waals surface area contributed by atoms with Crippen LogP contribution in [0.4, 0.5) is 9.39 Å². The number of nitrogens with two attached hydrogens (primary N) is 2. The SMILES string of the molecule is N#CC1(c2ccc(F)cc2)CCc2c(sc(N)c2C(N)=O)C1=O. The molecule has 1 aromatic heterocycles. The minimum atomic E-state index is -1.40. The first-order valence-corrected chi connectivity index (χ1v) is 7.65. The van der Waals surface area contributed by atoms with E-state index in [4.69, 9.17) is 11.5 Å². The van der Waals surface area contributed by atoms with Gasteiger partial charge in [0, 0.05) is 0 Å². The van der Waals surface area contributed by atoms with E-state index in [2.05, 4.69) is 6.07 Å². The van der Waals surface area contributed by atoms with Crippen LogP contribution in [0.5, 0.6) is 0 Å². The number of hydrogen-bond acceptors (Lipinski definition) is 5. The predicted octanol–water partition coefficient (Wildman–Crippen LogP) is 2.16. The average molecular weight is 329 g/mol. The Kier molecular flexibility index (Phi) is 3.42. The van der Waals surface area contributed by atoms with Gasteiger partial charge in [-0.15, -0.1) is 11.3 Å². The highest BCUT2D eigenvalue weighted by atomic mass is 32.1. The first-order valence-electron chi connectivity index (χ1n) is 6.83. The minimum absolute atomic E-state index is 0.170. The maximum atomic E-state index is 13.1. The summed E-state index contributed by atoms with van der Waals surface area (Å²) < 4.78 is 13.1. The number of thiophene rings is 1. The number of benzene rings is 1. The summed E-state index contributed by atoms with van der Waals surface area (Å²) in [6, 6.07) is 7.39. The predicted molar refractivity (Wildman–Crippen MR) is 83.6 cm³/mol. The molecule has 3 rings (SSSR count). The van der Waals surface area contributed by atoms with E-state index in [0.29, 0.717) is 17.5 Å². The number of hydrogen-bond donors (Lipinski definition) is 2. The van der Waals surface area contributed by atoms with Crippen molar-refractivity contribution in [2.45, 2.75) is 18.3 Å². The normalized spacial score (nSPS) is 19.9. The number of amides is 1. The molecule has 0 bridgehead atoms. The van der Waals surface area contributed by atoms with E-state index in [1.54, 1.807) is 0 Å². The molecule has 1 aliphatic carbocycles. The van der Waals surface area contributed by atoms with Gasteiger partial charge < -0.3 is 11.5 Å². The Labute approximate surface area is 135 Å². The van der Waals surface area contributed by atoms with Crippen LogP contribution in [0, 0.1) is 17.1 Å². The van der Waals surface area contributed by atoms with Gasteiger partial charge in [-0.1, -0.05) is 12.1 Å². The standard InChI is InChI=1S/C16H12FN3O2S/c17-9-3-1-8(2-4-9)16(7-18)6-5-10-11(14(19)22)15(20)23-12(10)13(16)21/h1-4H,5-6,20H2,(H2,19,22). The van der Waals surface area contributed by atoms with Gasteiger partial charge in [-0.25, -0.2) is 4.39 Å². The van der Waals surface area contributed by atoms with Crippen molar-refractivity contribution in [2.75, 3.05) is 5.73 Å². The van der Waals surface area contributed by atoms with Gasteiger partial charge in [0.25, 0.3) is 5.91 Å². The van der Waals surface area contributed by atoms with Crippen LogP contribution in [-0.2, 0) is 11.8 Å². The van der Waals surface area contributed by atoms with E-state index in [-0.39, 0.29) is 21.9 Å². The molecule has 23 heavy (non-hydrogen) atoms. The molecule has 0 fully saturated rings. The molecule has 0 saturated heterocycles. The second-order valence-electron chi connectivity index (χ2n) is 5.37. The van der Waals surface area contributed by atoms with Gasteiger partial charge in [0.1, 0.15) is 11.2 Å². The first-order chi connectivity index (χ1) is 10.9. The third-order valence-electron chi connectivity index (χ3n) is 4.15. The highest BCUT2D eigenvalue weighted by Crippen LogP contribution is 2.44. The molecule has 0 radical (unpaired) electrons. The third kappa shape index (κ3) is 2.11. The second kappa shape index (κ2) is 5.18. The van der Waals surface area contributed by atoms with Gasteiger partial charge in [0.2, 0.25) is 0 Å². The second-order valence-corrected chi connectivity index (χ2v) is 6.42. The Bertz CT molecular complexity index is 867. The highest BCUT2D eigenvalue weighted by molar-refractivity contribution is 7.18. The van der Waals surface area contributed by atoms with Crippen molar-refractivity contribution in [3.05, 3.63) is 51.7 Å². The van der Waals surface area contributed by atoms with Crippen molar-refractivity contribution < 1.29 is 14.0 Å². The van der Waals surface area contributed by atoms with Crippen LogP contribution in [0.3, 0.4) is 0 Å². The Morgan fingerprint density at radius 3 is 2.57 bits per heavy atom. The smallest absolute Gasteiger partial charge is 0.251 e. The van der Waals surface area contributed by atoms with Crippen LogP contribution in [0.2, 0.25) is 0 Å². The molecule has 4 N–H and O–H groups in total. The summed E-state index contributed by atoms with van der Waals surface area (Å²) in [6.45, 7) is 0. The zero-order valence-electron chi connectivity index (χ0n) is 11.9. The molecule has 0 aliphatic heterocycles. The molecule has 0 spiro atoms. The summed E-state index contributed by atoms with van der Waals surface area (Å²) in [4.78, 5) is 24.7. The summed E-state index contributed by atoms with van der Waals surface area (Å²) in [5.74, 6) is -1.54. The van der Waals surface area contributed by atoms with E-state index < -0.39 is 22.9 Å². The summed E-state index contributed by atoms with van der Waals surface area (Å²) in [5.41, 5.74) is 10.9. The fourth-order valence-electron chi connectivity index (χ4n) is 2.98. The third-order valence-corrected chi connectivity index (χ3v) is 5.21.